The Morgan fingerprint density at radius 3 is 2.33 bits per heavy atom. The van der Waals surface area contributed by atoms with Gasteiger partial charge in [-0.1, -0.05) is 48.5 Å². The standard InChI is InChI=1S/C22H18N2O6/c25-21(23-19-12-6-7-13-20(19)24(27)28)15-30-22(26)18-11-5-4-8-16(18)14-29-17-9-2-1-3-10-17/h1-13H,14-15H2,(H,23,25). The van der Waals surface area contributed by atoms with E-state index in [1.54, 1.807) is 42.5 Å². The third-order valence-electron chi connectivity index (χ3n) is 4.08. The number of nitrogens with one attached hydrogen (secondary N) is 1. The second-order valence-corrected chi connectivity index (χ2v) is 6.16. The molecule has 8 heteroatoms. The molecule has 1 amide bonds. The van der Waals surface area contributed by atoms with Crippen molar-refractivity contribution in [1.82, 2.24) is 0 Å². The molecule has 0 aliphatic rings. The lowest BCUT2D eigenvalue weighted by atomic mass is 10.1. The number of hydrogen-bond donors (Lipinski definition) is 1. The first-order valence-electron chi connectivity index (χ1n) is 9.01. The molecule has 0 fully saturated rings. The molecule has 0 spiro atoms. The number of nitro benzene ring substituents is 1. The summed E-state index contributed by atoms with van der Waals surface area (Å²) in [5, 5.41) is 13.4. The number of para-hydroxylation sites is 3. The van der Waals surface area contributed by atoms with Gasteiger partial charge in [-0.3, -0.25) is 14.9 Å². The zero-order valence-corrected chi connectivity index (χ0v) is 15.8. The number of nitrogens with zero attached hydrogens (tertiary/aromatic N) is 1. The van der Waals surface area contributed by atoms with Crippen LogP contribution in [0.3, 0.4) is 0 Å². The SMILES string of the molecule is O=C(COC(=O)c1ccccc1COc1ccccc1)Nc1ccccc1[N+](=O)[O-]. The predicted molar refractivity (Wildman–Crippen MR) is 109 cm³/mol. The maximum atomic E-state index is 12.4. The first-order valence-corrected chi connectivity index (χ1v) is 9.01. The Morgan fingerprint density at radius 2 is 1.57 bits per heavy atom. The molecule has 0 radical (unpaired) electrons. The molecule has 152 valence electrons. The molecule has 0 unspecified atom stereocenters. The minimum Gasteiger partial charge on any atom is -0.489 e. The summed E-state index contributed by atoms with van der Waals surface area (Å²) in [6.07, 6.45) is 0. The second kappa shape index (κ2) is 9.83. The lowest BCUT2D eigenvalue weighted by molar-refractivity contribution is -0.383. The lowest BCUT2D eigenvalue weighted by Crippen LogP contribution is -2.22. The van der Waals surface area contributed by atoms with Crippen LogP contribution in [0.5, 0.6) is 5.75 Å². The van der Waals surface area contributed by atoms with Crippen LogP contribution in [0, 0.1) is 10.1 Å². The number of esters is 1. The first kappa shape index (κ1) is 20.5. The molecule has 0 aromatic heterocycles. The Labute approximate surface area is 172 Å². The van der Waals surface area contributed by atoms with Crippen LogP contribution in [0.25, 0.3) is 0 Å². The van der Waals surface area contributed by atoms with Crippen LogP contribution in [-0.2, 0) is 16.1 Å². The Kier molecular flexibility index (Phi) is 6.73. The molecule has 0 saturated heterocycles. The van der Waals surface area contributed by atoms with Gasteiger partial charge in [0.25, 0.3) is 11.6 Å². The van der Waals surface area contributed by atoms with Gasteiger partial charge in [0.05, 0.1) is 10.5 Å². The molecule has 0 bridgehead atoms. The smallest absolute Gasteiger partial charge is 0.339 e. The van der Waals surface area contributed by atoms with Gasteiger partial charge in [-0.05, 0) is 24.3 Å². The van der Waals surface area contributed by atoms with Gasteiger partial charge in [-0.15, -0.1) is 0 Å². The highest BCUT2D eigenvalue weighted by Crippen LogP contribution is 2.23. The van der Waals surface area contributed by atoms with E-state index in [1.807, 2.05) is 18.2 Å². The molecule has 3 aromatic carbocycles. The highest BCUT2D eigenvalue weighted by molar-refractivity contribution is 5.97. The van der Waals surface area contributed by atoms with Crippen molar-refractivity contribution in [1.29, 1.82) is 0 Å². The lowest BCUT2D eigenvalue weighted by Gasteiger charge is -2.11. The van der Waals surface area contributed by atoms with Gasteiger partial charge >= 0.3 is 5.97 Å². The third kappa shape index (κ3) is 5.41. The summed E-state index contributed by atoms with van der Waals surface area (Å²) in [6.45, 7) is -0.434. The Bertz CT molecular complexity index is 1050. The van der Waals surface area contributed by atoms with E-state index in [1.165, 1.54) is 18.2 Å². The van der Waals surface area contributed by atoms with E-state index in [0.29, 0.717) is 11.3 Å². The Balaban J connectivity index is 1.60. The number of carbonyl (C=O) groups excluding carboxylic acids is 2. The maximum absolute atomic E-state index is 12.4. The van der Waals surface area contributed by atoms with Crippen molar-refractivity contribution in [3.63, 3.8) is 0 Å². The normalized spacial score (nSPS) is 10.1. The number of amides is 1. The highest BCUT2D eigenvalue weighted by atomic mass is 16.6. The molecule has 3 aromatic rings. The van der Waals surface area contributed by atoms with Crippen LogP contribution >= 0.6 is 0 Å². The van der Waals surface area contributed by atoms with Gasteiger partial charge < -0.3 is 14.8 Å². The summed E-state index contributed by atoms with van der Waals surface area (Å²) in [6, 6.07) is 21.6. The van der Waals surface area contributed by atoms with Gasteiger partial charge in [0.2, 0.25) is 0 Å². The number of carbonyl (C=O) groups is 2. The van der Waals surface area contributed by atoms with E-state index in [4.69, 9.17) is 9.47 Å². The summed E-state index contributed by atoms with van der Waals surface area (Å²) in [4.78, 5) is 34.9. The largest absolute Gasteiger partial charge is 0.489 e. The zero-order chi connectivity index (χ0) is 21.3. The van der Waals surface area contributed by atoms with Gasteiger partial charge in [0, 0.05) is 11.6 Å². The molecule has 0 atom stereocenters. The summed E-state index contributed by atoms with van der Waals surface area (Å²) >= 11 is 0. The number of hydrogen-bond acceptors (Lipinski definition) is 6. The first-order chi connectivity index (χ1) is 14.5. The molecular formula is C22H18N2O6. The number of benzene rings is 3. The van der Waals surface area contributed by atoms with Crippen molar-refractivity contribution in [3.8, 4) is 5.75 Å². The van der Waals surface area contributed by atoms with E-state index in [0.717, 1.165) is 0 Å². The number of anilines is 1. The van der Waals surface area contributed by atoms with Gasteiger partial charge in [-0.2, -0.15) is 0 Å². The molecule has 0 saturated carbocycles. The molecular weight excluding hydrogens is 388 g/mol. The quantitative estimate of drug-likeness (QED) is 0.345. The van der Waals surface area contributed by atoms with Gasteiger partial charge in [0.15, 0.2) is 6.61 Å². The number of nitro groups is 1. The van der Waals surface area contributed by atoms with Crippen LogP contribution in [0.2, 0.25) is 0 Å². The van der Waals surface area contributed by atoms with Crippen LogP contribution < -0.4 is 10.1 Å². The van der Waals surface area contributed by atoms with Crippen molar-refractivity contribution in [2.75, 3.05) is 11.9 Å². The molecule has 3 rings (SSSR count). The van der Waals surface area contributed by atoms with Crippen LogP contribution in [0.15, 0.2) is 78.9 Å². The van der Waals surface area contributed by atoms with Gasteiger partial charge in [0.1, 0.15) is 18.0 Å². The molecule has 8 nitrogen and oxygen atoms in total. The number of ether oxygens (including phenoxy) is 2. The fraction of sp³-hybridized carbons (Fsp3) is 0.0909. The minimum atomic E-state index is -0.694. The maximum Gasteiger partial charge on any atom is 0.339 e. The molecule has 0 heterocycles. The summed E-state index contributed by atoms with van der Waals surface area (Å²) in [5.74, 6) is -0.722. The summed E-state index contributed by atoms with van der Waals surface area (Å²) < 4.78 is 10.8. The molecule has 1 N–H and O–H groups in total. The summed E-state index contributed by atoms with van der Waals surface area (Å²) in [7, 11) is 0. The van der Waals surface area contributed by atoms with Crippen molar-refractivity contribution in [2.45, 2.75) is 6.61 Å². The predicted octanol–water partition coefficient (Wildman–Crippen LogP) is 3.97. The van der Waals surface area contributed by atoms with E-state index in [2.05, 4.69) is 5.32 Å². The topological polar surface area (TPSA) is 108 Å². The monoisotopic (exact) mass is 406 g/mol. The van der Waals surface area contributed by atoms with Crippen LogP contribution in [0.4, 0.5) is 11.4 Å². The van der Waals surface area contributed by atoms with Gasteiger partial charge in [-0.25, -0.2) is 4.79 Å². The van der Waals surface area contributed by atoms with Crippen LogP contribution in [0.1, 0.15) is 15.9 Å². The Morgan fingerprint density at radius 1 is 0.900 bits per heavy atom. The fourth-order valence-electron chi connectivity index (χ4n) is 2.66. The van der Waals surface area contributed by atoms with Crippen molar-refractivity contribution >= 4 is 23.3 Å². The van der Waals surface area contributed by atoms with E-state index in [-0.39, 0.29) is 23.5 Å². The number of rotatable bonds is 8. The highest BCUT2D eigenvalue weighted by Gasteiger charge is 2.17. The average molecular weight is 406 g/mol. The minimum absolute atomic E-state index is 0.0280. The molecule has 0 aliphatic heterocycles. The zero-order valence-electron chi connectivity index (χ0n) is 15.8. The van der Waals surface area contributed by atoms with Crippen molar-refractivity contribution < 1.29 is 24.0 Å². The molecule has 30 heavy (non-hydrogen) atoms. The van der Waals surface area contributed by atoms with Crippen LogP contribution in [-0.4, -0.2) is 23.4 Å². The van der Waals surface area contributed by atoms with E-state index in [9.17, 15) is 19.7 Å². The fourth-order valence-corrected chi connectivity index (χ4v) is 2.66. The van der Waals surface area contributed by atoms with E-state index < -0.39 is 23.4 Å². The second-order valence-electron chi connectivity index (χ2n) is 6.16. The Hall–Kier alpha value is -4.20. The van der Waals surface area contributed by atoms with Crippen molar-refractivity contribution in [2.24, 2.45) is 0 Å². The van der Waals surface area contributed by atoms with E-state index >= 15 is 0 Å². The van der Waals surface area contributed by atoms with Crippen molar-refractivity contribution in [3.05, 3.63) is 100 Å². The third-order valence-corrected chi connectivity index (χ3v) is 4.08. The average Bonchev–Trinajstić information content (AvgIpc) is 2.77. The molecule has 0 aliphatic carbocycles. The summed E-state index contributed by atoms with van der Waals surface area (Å²) in [5.41, 5.74) is 0.651.